The highest BCUT2D eigenvalue weighted by Crippen LogP contribution is 2.23. The smallest absolute Gasteiger partial charge is 0.390 e. The van der Waals surface area contributed by atoms with Crippen LogP contribution in [0.4, 0.5) is 13.2 Å². The van der Waals surface area contributed by atoms with Crippen LogP contribution in [0.15, 0.2) is 0 Å². The largest absolute Gasteiger partial charge is 0.394 e. The lowest BCUT2D eigenvalue weighted by atomic mass is 10.2. The van der Waals surface area contributed by atoms with Gasteiger partial charge in [0.25, 0.3) is 0 Å². The van der Waals surface area contributed by atoms with Crippen LogP contribution in [0.2, 0.25) is 0 Å². The zero-order valence-electron chi connectivity index (χ0n) is 11.4. The first-order valence-corrected chi connectivity index (χ1v) is 7.04. The van der Waals surface area contributed by atoms with Gasteiger partial charge in [0.1, 0.15) is 0 Å². The standard InChI is InChI=1S/C12H19F3N2O2S/c1-8-11(20-9(2)16-8)6-17(5-10(19)7-18)4-3-12(13,14)15/h10,18-19H,3-7H2,1-2H3/t10-/m0/s1. The van der Waals surface area contributed by atoms with Crippen molar-refractivity contribution in [3.63, 3.8) is 0 Å². The summed E-state index contributed by atoms with van der Waals surface area (Å²) in [4.78, 5) is 6.61. The maximum atomic E-state index is 12.3. The van der Waals surface area contributed by atoms with E-state index in [2.05, 4.69) is 4.98 Å². The Labute approximate surface area is 119 Å². The second kappa shape index (κ2) is 7.35. The molecule has 0 aliphatic carbocycles. The van der Waals surface area contributed by atoms with Crippen LogP contribution in [0, 0.1) is 13.8 Å². The van der Waals surface area contributed by atoms with Gasteiger partial charge < -0.3 is 10.2 Å². The van der Waals surface area contributed by atoms with Crippen LogP contribution in [0.3, 0.4) is 0 Å². The number of aliphatic hydroxyl groups excluding tert-OH is 2. The van der Waals surface area contributed by atoms with E-state index >= 15 is 0 Å². The van der Waals surface area contributed by atoms with E-state index in [1.54, 1.807) is 0 Å². The molecule has 0 aromatic carbocycles. The minimum Gasteiger partial charge on any atom is -0.394 e. The summed E-state index contributed by atoms with van der Waals surface area (Å²) in [6.45, 7) is 3.26. The Morgan fingerprint density at radius 2 is 2.00 bits per heavy atom. The van der Waals surface area contributed by atoms with E-state index in [1.807, 2.05) is 13.8 Å². The van der Waals surface area contributed by atoms with Crippen molar-refractivity contribution < 1.29 is 23.4 Å². The maximum absolute atomic E-state index is 12.3. The Kier molecular flexibility index (Phi) is 6.38. The highest BCUT2D eigenvalue weighted by atomic mass is 32.1. The molecule has 4 nitrogen and oxygen atoms in total. The molecule has 0 saturated carbocycles. The predicted molar refractivity (Wildman–Crippen MR) is 70.6 cm³/mol. The topological polar surface area (TPSA) is 56.6 Å². The van der Waals surface area contributed by atoms with Crippen molar-refractivity contribution in [3.8, 4) is 0 Å². The second-order valence-corrected chi connectivity index (χ2v) is 5.97. The van der Waals surface area contributed by atoms with Gasteiger partial charge in [0, 0.05) is 24.5 Å². The second-order valence-electron chi connectivity index (χ2n) is 4.68. The zero-order valence-corrected chi connectivity index (χ0v) is 12.3. The molecule has 1 rings (SSSR count). The molecule has 0 saturated heterocycles. The number of aryl methyl sites for hydroxylation is 2. The summed E-state index contributed by atoms with van der Waals surface area (Å²) in [5.74, 6) is 0. The van der Waals surface area contributed by atoms with E-state index in [1.165, 1.54) is 16.2 Å². The van der Waals surface area contributed by atoms with Crippen LogP contribution >= 0.6 is 11.3 Å². The molecule has 116 valence electrons. The molecule has 8 heteroatoms. The molecule has 1 atom stereocenters. The quantitative estimate of drug-likeness (QED) is 0.807. The molecule has 0 radical (unpaired) electrons. The summed E-state index contributed by atoms with van der Waals surface area (Å²) < 4.78 is 36.9. The van der Waals surface area contributed by atoms with E-state index < -0.39 is 25.3 Å². The van der Waals surface area contributed by atoms with Crippen molar-refractivity contribution in [3.05, 3.63) is 15.6 Å². The number of hydrogen-bond donors (Lipinski definition) is 2. The number of nitrogens with zero attached hydrogens (tertiary/aromatic N) is 2. The minimum absolute atomic E-state index is 0.00294. The Morgan fingerprint density at radius 3 is 2.45 bits per heavy atom. The summed E-state index contributed by atoms with van der Waals surface area (Å²) in [6, 6.07) is 0. The van der Waals surface area contributed by atoms with Gasteiger partial charge in [0.15, 0.2) is 0 Å². The van der Waals surface area contributed by atoms with Gasteiger partial charge in [0.05, 0.1) is 29.8 Å². The van der Waals surface area contributed by atoms with Crippen molar-refractivity contribution >= 4 is 11.3 Å². The molecule has 0 aliphatic rings. The molecule has 0 fully saturated rings. The molecule has 0 aliphatic heterocycles. The summed E-state index contributed by atoms with van der Waals surface area (Å²) in [6.07, 6.45) is -6.22. The monoisotopic (exact) mass is 312 g/mol. The molecule has 1 aromatic heterocycles. The number of hydrogen-bond acceptors (Lipinski definition) is 5. The summed E-state index contributed by atoms with van der Waals surface area (Å²) in [5, 5.41) is 19.1. The molecule has 20 heavy (non-hydrogen) atoms. The number of rotatable bonds is 7. The number of aromatic nitrogens is 1. The van der Waals surface area contributed by atoms with Gasteiger partial charge in [-0.3, -0.25) is 4.90 Å². The van der Waals surface area contributed by atoms with Crippen LogP contribution in [0.5, 0.6) is 0 Å². The van der Waals surface area contributed by atoms with Gasteiger partial charge in [-0.15, -0.1) is 11.3 Å². The fourth-order valence-corrected chi connectivity index (χ4v) is 2.78. The first kappa shape index (κ1) is 17.4. The maximum Gasteiger partial charge on any atom is 0.390 e. The number of thiazole rings is 1. The van der Waals surface area contributed by atoms with Gasteiger partial charge in [0.2, 0.25) is 0 Å². The molecule has 0 bridgehead atoms. The fourth-order valence-electron chi connectivity index (χ4n) is 1.80. The van der Waals surface area contributed by atoms with Gasteiger partial charge in [-0.05, 0) is 13.8 Å². The third kappa shape index (κ3) is 6.17. The van der Waals surface area contributed by atoms with Crippen molar-refractivity contribution in [2.45, 2.75) is 39.1 Å². The van der Waals surface area contributed by atoms with Crippen LogP contribution in [-0.2, 0) is 6.54 Å². The highest BCUT2D eigenvalue weighted by molar-refractivity contribution is 7.11. The number of aliphatic hydroxyl groups is 2. The van der Waals surface area contributed by atoms with Crippen LogP contribution < -0.4 is 0 Å². The van der Waals surface area contributed by atoms with E-state index in [0.29, 0.717) is 6.54 Å². The Bertz CT molecular complexity index is 423. The fraction of sp³-hybridized carbons (Fsp3) is 0.750. The van der Waals surface area contributed by atoms with Gasteiger partial charge in [-0.25, -0.2) is 4.98 Å². The predicted octanol–water partition coefficient (Wildman–Crippen LogP) is 1.87. The highest BCUT2D eigenvalue weighted by Gasteiger charge is 2.28. The molecule has 0 unspecified atom stereocenters. The Morgan fingerprint density at radius 1 is 1.35 bits per heavy atom. The molecule has 1 aromatic rings. The normalized spacial score (nSPS) is 14.0. The van der Waals surface area contributed by atoms with Gasteiger partial charge >= 0.3 is 6.18 Å². The van der Waals surface area contributed by atoms with Crippen molar-refractivity contribution in [1.82, 2.24) is 9.88 Å². The third-order valence-electron chi connectivity index (χ3n) is 2.76. The lowest BCUT2D eigenvalue weighted by Crippen LogP contribution is -2.36. The van der Waals surface area contributed by atoms with Gasteiger partial charge in [-0.2, -0.15) is 13.2 Å². The lowest BCUT2D eigenvalue weighted by molar-refractivity contribution is -0.139. The zero-order chi connectivity index (χ0) is 15.3. The van der Waals surface area contributed by atoms with Crippen molar-refractivity contribution in [2.75, 3.05) is 19.7 Å². The molecule has 2 N–H and O–H groups in total. The summed E-state index contributed by atoms with van der Waals surface area (Å²) in [5.41, 5.74) is 0.794. The van der Waals surface area contributed by atoms with E-state index in [4.69, 9.17) is 5.11 Å². The Balaban J connectivity index is 2.68. The number of halogens is 3. The van der Waals surface area contributed by atoms with Crippen LogP contribution in [0.25, 0.3) is 0 Å². The van der Waals surface area contributed by atoms with Crippen molar-refractivity contribution in [2.24, 2.45) is 0 Å². The molecule has 0 amide bonds. The van der Waals surface area contributed by atoms with Crippen LogP contribution in [-0.4, -0.2) is 52.1 Å². The van der Waals surface area contributed by atoms with Gasteiger partial charge in [-0.1, -0.05) is 0 Å². The first-order chi connectivity index (χ1) is 9.21. The van der Waals surface area contributed by atoms with Crippen LogP contribution in [0.1, 0.15) is 22.0 Å². The summed E-state index contributed by atoms with van der Waals surface area (Å²) in [7, 11) is 0. The molecular weight excluding hydrogens is 293 g/mol. The molecular formula is C12H19F3N2O2S. The minimum atomic E-state index is -4.24. The SMILES string of the molecule is Cc1nc(C)c(CN(CCC(F)(F)F)C[C@H](O)CO)s1. The third-order valence-corrected chi connectivity index (χ3v) is 3.82. The lowest BCUT2D eigenvalue weighted by Gasteiger charge is -2.24. The molecule has 0 spiro atoms. The van der Waals surface area contributed by atoms with Crippen molar-refractivity contribution in [1.29, 1.82) is 0 Å². The first-order valence-electron chi connectivity index (χ1n) is 6.22. The van der Waals surface area contributed by atoms with E-state index in [9.17, 15) is 18.3 Å². The molecule has 1 heterocycles. The summed E-state index contributed by atoms with van der Waals surface area (Å²) >= 11 is 1.43. The average molecular weight is 312 g/mol. The number of alkyl halides is 3. The average Bonchev–Trinajstić information content (AvgIpc) is 2.63. The van der Waals surface area contributed by atoms with E-state index in [0.717, 1.165) is 15.6 Å². The Hall–Kier alpha value is -0.700. The van der Waals surface area contributed by atoms with E-state index in [-0.39, 0.29) is 13.1 Å².